The predicted octanol–water partition coefficient (Wildman–Crippen LogP) is 1.40. The van der Waals surface area contributed by atoms with E-state index >= 15 is 0 Å². The van der Waals surface area contributed by atoms with Crippen LogP contribution in [-0.4, -0.2) is 61.7 Å². The van der Waals surface area contributed by atoms with Crippen LogP contribution in [0.2, 0.25) is 0 Å². The molecule has 0 amide bonds. The van der Waals surface area contributed by atoms with Gasteiger partial charge in [0, 0.05) is 38.3 Å². The molecule has 3 unspecified atom stereocenters. The summed E-state index contributed by atoms with van der Waals surface area (Å²) in [7, 11) is 2.25. The van der Waals surface area contributed by atoms with Gasteiger partial charge in [0.15, 0.2) is 0 Å². The van der Waals surface area contributed by atoms with Gasteiger partial charge in [-0.05, 0) is 39.3 Å². The summed E-state index contributed by atoms with van der Waals surface area (Å²) in [6.07, 6.45) is 4.02. The van der Waals surface area contributed by atoms with E-state index < -0.39 is 0 Å². The summed E-state index contributed by atoms with van der Waals surface area (Å²) >= 11 is 0. The maximum Gasteiger partial charge on any atom is 0.0195 e. The summed E-state index contributed by atoms with van der Waals surface area (Å²) in [6, 6.07) is 1.45. The fraction of sp³-hybridized carbons (Fsp3) is 1.00. The molecule has 2 aliphatic rings. The minimum absolute atomic E-state index is 0.717. The molecule has 2 aliphatic heterocycles. The first kappa shape index (κ1) is 13.3. The zero-order valence-electron chi connectivity index (χ0n) is 11.8. The molecule has 17 heavy (non-hydrogen) atoms. The van der Waals surface area contributed by atoms with Gasteiger partial charge in [0.2, 0.25) is 0 Å². The van der Waals surface area contributed by atoms with E-state index in [1.54, 1.807) is 0 Å². The van der Waals surface area contributed by atoms with Gasteiger partial charge < -0.3 is 10.2 Å². The Morgan fingerprint density at radius 3 is 2.76 bits per heavy atom. The standard InChI is InChI=1S/C14H29N3/c1-4-5-14-11-17(12(2)8-15-14)10-13-6-7-16(3)9-13/h12-15H,4-11H2,1-3H3. The molecule has 0 aromatic carbocycles. The molecule has 1 N–H and O–H groups in total. The van der Waals surface area contributed by atoms with E-state index in [-0.39, 0.29) is 0 Å². The zero-order valence-corrected chi connectivity index (χ0v) is 11.8. The summed E-state index contributed by atoms with van der Waals surface area (Å²) in [5.74, 6) is 0.905. The highest BCUT2D eigenvalue weighted by molar-refractivity contribution is 4.86. The lowest BCUT2D eigenvalue weighted by molar-refractivity contribution is 0.117. The average molecular weight is 239 g/mol. The van der Waals surface area contributed by atoms with Crippen molar-refractivity contribution in [2.45, 2.75) is 45.2 Å². The Kier molecular flexibility index (Phi) is 4.83. The molecule has 3 heteroatoms. The average Bonchev–Trinajstić information content (AvgIpc) is 2.69. The predicted molar refractivity (Wildman–Crippen MR) is 73.3 cm³/mol. The van der Waals surface area contributed by atoms with Crippen molar-refractivity contribution in [3.63, 3.8) is 0 Å². The highest BCUT2D eigenvalue weighted by Gasteiger charge is 2.28. The van der Waals surface area contributed by atoms with Crippen LogP contribution in [0.5, 0.6) is 0 Å². The summed E-state index contributed by atoms with van der Waals surface area (Å²) in [6.45, 7) is 11.0. The number of hydrogen-bond donors (Lipinski definition) is 1. The van der Waals surface area contributed by atoms with Gasteiger partial charge in [-0.15, -0.1) is 0 Å². The summed E-state index contributed by atoms with van der Waals surface area (Å²) < 4.78 is 0. The van der Waals surface area contributed by atoms with Crippen molar-refractivity contribution in [1.29, 1.82) is 0 Å². The van der Waals surface area contributed by atoms with Crippen molar-refractivity contribution < 1.29 is 0 Å². The number of nitrogens with one attached hydrogen (secondary N) is 1. The van der Waals surface area contributed by atoms with E-state index in [4.69, 9.17) is 0 Å². The third-order valence-corrected chi connectivity index (χ3v) is 4.40. The zero-order chi connectivity index (χ0) is 12.3. The van der Waals surface area contributed by atoms with E-state index in [0.717, 1.165) is 12.0 Å². The van der Waals surface area contributed by atoms with E-state index in [1.165, 1.54) is 52.0 Å². The van der Waals surface area contributed by atoms with Crippen LogP contribution < -0.4 is 5.32 Å². The van der Waals surface area contributed by atoms with Crippen LogP contribution >= 0.6 is 0 Å². The second-order valence-corrected chi connectivity index (χ2v) is 6.11. The normalized spacial score (nSPS) is 36.5. The van der Waals surface area contributed by atoms with Crippen molar-refractivity contribution in [2.24, 2.45) is 5.92 Å². The van der Waals surface area contributed by atoms with Gasteiger partial charge >= 0.3 is 0 Å². The number of nitrogens with zero attached hydrogens (tertiary/aromatic N) is 2. The van der Waals surface area contributed by atoms with E-state index in [1.807, 2.05) is 0 Å². The first-order valence-electron chi connectivity index (χ1n) is 7.35. The Bertz CT molecular complexity index is 232. The second kappa shape index (κ2) is 6.17. The maximum atomic E-state index is 3.68. The number of likely N-dealkylation sites (tertiary alicyclic amines) is 1. The molecule has 3 atom stereocenters. The number of hydrogen-bond acceptors (Lipinski definition) is 3. The first-order valence-corrected chi connectivity index (χ1v) is 7.35. The van der Waals surface area contributed by atoms with Gasteiger partial charge in [-0.3, -0.25) is 4.90 Å². The molecule has 0 aliphatic carbocycles. The molecule has 0 saturated carbocycles. The summed E-state index contributed by atoms with van der Waals surface area (Å²) in [4.78, 5) is 5.20. The molecule has 3 nitrogen and oxygen atoms in total. The molecule has 2 fully saturated rings. The lowest BCUT2D eigenvalue weighted by atomic mass is 10.0. The largest absolute Gasteiger partial charge is 0.311 e. The molecule has 2 saturated heterocycles. The van der Waals surface area contributed by atoms with Crippen molar-refractivity contribution in [2.75, 3.05) is 39.8 Å². The highest BCUT2D eigenvalue weighted by atomic mass is 15.2. The molecule has 0 aromatic rings. The minimum Gasteiger partial charge on any atom is -0.311 e. The van der Waals surface area contributed by atoms with Crippen LogP contribution in [0.25, 0.3) is 0 Å². The quantitative estimate of drug-likeness (QED) is 0.800. The number of rotatable bonds is 4. The smallest absolute Gasteiger partial charge is 0.0195 e. The van der Waals surface area contributed by atoms with Crippen molar-refractivity contribution in [3.05, 3.63) is 0 Å². The van der Waals surface area contributed by atoms with Crippen molar-refractivity contribution in [1.82, 2.24) is 15.1 Å². The molecule has 0 spiro atoms. The first-order chi connectivity index (χ1) is 8.19. The van der Waals surface area contributed by atoms with Gasteiger partial charge in [-0.25, -0.2) is 0 Å². The van der Waals surface area contributed by atoms with Crippen LogP contribution in [0.15, 0.2) is 0 Å². The van der Waals surface area contributed by atoms with Crippen LogP contribution in [0.3, 0.4) is 0 Å². The SMILES string of the molecule is CCCC1CN(CC2CCN(C)C2)C(C)CN1. The van der Waals surface area contributed by atoms with Crippen LogP contribution in [0, 0.1) is 5.92 Å². The van der Waals surface area contributed by atoms with Gasteiger partial charge in [0.1, 0.15) is 0 Å². The molecule has 2 rings (SSSR count). The molecular weight excluding hydrogens is 210 g/mol. The Labute approximate surface area is 107 Å². The van der Waals surface area contributed by atoms with Crippen molar-refractivity contribution in [3.8, 4) is 0 Å². The minimum atomic E-state index is 0.717. The highest BCUT2D eigenvalue weighted by Crippen LogP contribution is 2.19. The Hall–Kier alpha value is -0.120. The van der Waals surface area contributed by atoms with E-state index in [0.29, 0.717) is 6.04 Å². The van der Waals surface area contributed by atoms with Gasteiger partial charge in [-0.2, -0.15) is 0 Å². The Morgan fingerprint density at radius 1 is 1.29 bits per heavy atom. The molecular formula is C14H29N3. The topological polar surface area (TPSA) is 18.5 Å². The molecule has 0 bridgehead atoms. The summed E-state index contributed by atoms with van der Waals surface area (Å²) in [5.41, 5.74) is 0. The monoisotopic (exact) mass is 239 g/mol. The third kappa shape index (κ3) is 3.67. The van der Waals surface area contributed by atoms with Crippen LogP contribution in [-0.2, 0) is 0 Å². The fourth-order valence-corrected chi connectivity index (χ4v) is 3.30. The summed E-state index contributed by atoms with van der Waals surface area (Å²) in [5, 5.41) is 3.68. The second-order valence-electron chi connectivity index (χ2n) is 6.11. The fourth-order valence-electron chi connectivity index (χ4n) is 3.30. The third-order valence-electron chi connectivity index (χ3n) is 4.40. The van der Waals surface area contributed by atoms with Crippen LogP contribution in [0.1, 0.15) is 33.1 Å². The van der Waals surface area contributed by atoms with E-state index in [9.17, 15) is 0 Å². The molecule has 100 valence electrons. The Morgan fingerprint density at radius 2 is 2.12 bits per heavy atom. The Balaban J connectivity index is 1.81. The number of piperazine rings is 1. The lowest BCUT2D eigenvalue weighted by Gasteiger charge is -2.40. The van der Waals surface area contributed by atoms with Crippen molar-refractivity contribution >= 4 is 0 Å². The maximum absolute atomic E-state index is 3.68. The van der Waals surface area contributed by atoms with E-state index in [2.05, 4.69) is 36.0 Å². The van der Waals surface area contributed by atoms with Crippen LogP contribution in [0.4, 0.5) is 0 Å². The van der Waals surface area contributed by atoms with Gasteiger partial charge in [0.05, 0.1) is 0 Å². The lowest BCUT2D eigenvalue weighted by Crippen LogP contribution is -2.56. The molecule has 2 heterocycles. The van der Waals surface area contributed by atoms with Gasteiger partial charge in [-0.1, -0.05) is 13.3 Å². The molecule has 0 radical (unpaired) electrons. The van der Waals surface area contributed by atoms with Gasteiger partial charge in [0.25, 0.3) is 0 Å². The molecule has 0 aromatic heterocycles.